The van der Waals surface area contributed by atoms with E-state index < -0.39 is 12.0 Å². The van der Waals surface area contributed by atoms with Gasteiger partial charge in [-0.25, -0.2) is 0 Å². The molecule has 8 nitrogen and oxygen atoms in total. The second kappa shape index (κ2) is 18.3. The van der Waals surface area contributed by atoms with Gasteiger partial charge in [0.25, 0.3) is 0 Å². The monoisotopic (exact) mass is 489 g/mol. The highest BCUT2D eigenvalue weighted by atomic mass is 32.2. The van der Waals surface area contributed by atoms with Crippen LogP contribution in [0, 0.1) is 6.92 Å². The Hall–Kier alpha value is -3.17. The van der Waals surface area contributed by atoms with E-state index in [-0.39, 0.29) is 18.4 Å². The number of carbonyl (C=O) groups is 4. The molecule has 186 valence electrons. The van der Waals surface area contributed by atoms with Gasteiger partial charge >= 0.3 is 5.97 Å². The number of hydrogen-bond donors (Lipinski definition) is 4. The van der Waals surface area contributed by atoms with Gasteiger partial charge in [0.05, 0.1) is 6.54 Å². The van der Waals surface area contributed by atoms with Crippen LogP contribution >= 0.6 is 11.8 Å². The number of rotatable bonds is 6. The number of nitrogens with one attached hydrogen (secondary N) is 3. The zero-order chi connectivity index (χ0) is 25.9. The van der Waals surface area contributed by atoms with Crippen molar-refractivity contribution in [3.05, 3.63) is 54.1 Å². The van der Waals surface area contributed by atoms with Crippen LogP contribution in [-0.4, -0.2) is 61.3 Å². The molecule has 0 aliphatic carbocycles. The fourth-order valence-corrected chi connectivity index (χ4v) is 2.82. The van der Waals surface area contributed by atoms with Gasteiger partial charge in [-0.15, -0.1) is 0 Å². The van der Waals surface area contributed by atoms with Crippen LogP contribution in [0.3, 0.4) is 0 Å². The Morgan fingerprint density at radius 3 is 2.24 bits per heavy atom. The number of carbonyl (C=O) groups excluding carboxylic acids is 3. The van der Waals surface area contributed by atoms with Gasteiger partial charge in [-0.3, -0.25) is 14.4 Å². The van der Waals surface area contributed by atoms with Crippen LogP contribution in [0.2, 0.25) is 0 Å². The van der Waals surface area contributed by atoms with Gasteiger partial charge in [-0.1, -0.05) is 43.3 Å². The average molecular weight is 490 g/mol. The van der Waals surface area contributed by atoms with Gasteiger partial charge in [0, 0.05) is 12.1 Å². The molecular formula is C25H35N3O5S. The smallest absolute Gasteiger partial charge is 0.317 e. The van der Waals surface area contributed by atoms with Gasteiger partial charge in [-0.2, -0.15) is 11.8 Å². The molecule has 0 radical (unpaired) electrons. The molecule has 1 saturated heterocycles. The molecule has 9 heteroatoms. The lowest BCUT2D eigenvalue weighted by atomic mass is 10.00. The summed E-state index contributed by atoms with van der Waals surface area (Å²) in [5.41, 5.74) is 4.10. The number of amides is 2. The summed E-state index contributed by atoms with van der Waals surface area (Å²) in [6.07, 6.45) is 3.07. The van der Waals surface area contributed by atoms with E-state index in [0.29, 0.717) is 12.8 Å². The second-order valence-corrected chi connectivity index (χ2v) is 8.20. The maximum Gasteiger partial charge on any atom is 0.317 e. The zero-order valence-corrected chi connectivity index (χ0v) is 21.0. The Bertz CT molecular complexity index is 891. The van der Waals surface area contributed by atoms with Gasteiger partial charge < -0.3 is 25.9 Å². The Balaban J connectivity index is 0.000000762. The molecule has 4 N–H and O–H groups in total. The van der Waals surface area contributed by atoms with E-state index in [1.54, 1.807) is 7.05 Å². The lowest BCUT2D eigenvalue weighted by molar-refractivity contribution is -0.135. The maximum atomic E-state index is 12.2. The molecule has 0 spiro atoms. The predicted octanol–water partition coefficient (Wildman–Crippen LogP) is 3.35. The largest absolute Gasteiger partial charge is 0.480 e. The molecular weight excluding hydrogens is 454 g/mol. The molecule has 2 aromatic rings. The Kier molecular flexibility index (Phi) is 16.6. The first-order valence-corrected chi connectivity index (χ1v) is 12.1. The first-order chi connectivity index (χ1) is 16.3. The van der Waals surface area contributed by atoms with Crippen molar-refractivity contribution in [2.24, 2.45) is 0 Å². The summed E-state index contributed by atoms with van der Waals surface area (Å²) < 4.78 is 0. The highest BCUT2D eigenvalue weighted by Gasteiger charge is 2.27. The normalized spacial score (nSPS) is 13.5. The Labute approximate surface area is 205 Å². The summed E-state index contributed by atoms with van der Waals surface area (Å²) in [5.74, 6) is 0.195. The average Bonchev–Trinajstić information content (AvgIpc) is 3.29. The quantitative estimate of drug-likeness (QED) is 0.490. The molecule has 1 aliphatic rings. The SMILES string of the molecule is C=O.CCSC.CNCC(=O)O.Cc1ccc(NC(=O)C2CCC(=O)N2)cc1-c1ccccc1. The molecule has 1 atom stereocenters. The number of carboxylic acid groups (broad SMARTS) is 1. The molecule has 3 rings (SSSR count). The minimum Gasteiger partial charge on any atom is -0.480 e. The van der Waals surface area contributed by atoms with Crippen LogP contribution in [0.15, 0.2) is 48.5 Å². The minimum absolute atomic E-state index is 0.0417. The third-order valence-corrected chi connectivity index (χ3v) is 5.10. The Morgan fingerprint density at radius 2 is 1.79 bits per heavy atom. The second-order valence-electron chi connectivity index (χ2n) is 7.05. The zero-order valence-electron chi connectivity index (χ0n) is 20.2. The summed E-state index contributed by atoms with van der Waals surface area (Å²) in [7, 11) is 1.59. The van der Waals surface area contributed by atoms with E-state index in [0.717, 1.165) is 22.4 Å². The fraction of sp³-hybridized carbons (Fsp3) is 0.360. The number of benzene rings is 2. The van der Waals surface area contributed by atoms with Crippen molar-refractivity contribution in [3.8, 4) is 11.1 Å². The predicted molar refractivity (Wildman–Crippen MR) is 139 cm³/mol. The lowest BCUT2D eigenvalue weighted by Gasteiger charge is -2.13. The van der Waals surface area contributed by atoms with Crippen molar-refractivity contribution in [3.63, 3.8) is 0 Å². The van der Waals surface area contributed by atoms with E-state index in [2.05, 4.69) is 29.1 Å². The maximum absolute atomic E-state index is 12.2. The summed E-state index contributed by atoms with van der Waals surface area (Å²) in [4.78, 5) is 40.9. The van der Waals surface area contributed by atoms with Crippen molar-refractivity contribution in [2.45, 2.75) is 32.7 Å². The van der Waals surface area contributed by atoms with Crippen LogP contribution in [0.1, 0.15) is 25.3 Å². The van der Waals surface area contributed by atoms with Gasteiger partial charge in [0.1, 0.15) is 12.8 Å². The molecule has 1 heterocycles. The van der Waals surface area contributed by atoms with Crippen LogP contribution < -0.4 is 16.0 Å². The summed E-state index contributed by atoms with van der Waals surface area (Å²) in [5, 5.41) is 15.9. The third kappa shape index (κ3) is 12.2. The topological polar surface area (TPSA) is 125 Å². The first kappa shape index (κ1) is 30.8. The number of likely N-dealkylation sites (N-methyl/N-ethyl adjacent to an activating group) is 1. The van der Waals surface area contributed by atoms with Crippen molar-refractivity contribution >= 4 is 42.0 Å². The Morgan fingerprint density at radius 1 is 1.18 bits per heavy atom. The summed E-state index contributed by atoms with van der Waals surface area (Å²) in [6.45, 7) is 6.23. The fourth-order valence-electron chi connectivity index (χ4n) is 2.82. The van der Waals surface area contributed by atoms with Crippen LogP contribution in [0.25, 0.3) is 11.1 Å². The molecule has 0 bridgehead atoms. The highest BCUT2D eigenvalue weighted by Crippen LogP contribution is 2.26. The van der Waals surface area contributed by atoms with Crippen LogP contribution in [-0.2, 0) is 19.2 Å². The first-order valence-electron chi connectivity index (χ1n) is 10.7. The van der Waals surface area contributed by atoms with Crippen molar-refractivity contribution in [2.75, 3.05) is 30.9 Å². The van der Waals surface area contributed by atoms with Crippen molar-refractivity contribution in [1.29, 1.82) is 0 Å². The van der Waals surface area contributed by atoms with Crippen molar-refractivity contribution < 1.29 is 24.3 Å². The molecule has 1 aliphatic heterocycles. The molecule has 0 saturated carbocycles. The molecule has 0 aromatic heterocycles. The van der Waals surface area contributed by atoms with E-state index in [1.807, 2.05) is 74.0 Å². The number of aryl methyl sites for hydroxylation is 1. The van der Waals surface area contributed by atoms with E-state index in [4.69, 9.17) is 9.90 Å². The van der Waals surface area contributed by atoms with Crippen LogP contribution in [0.4, 0.5) is 5.69 Å². The number of thioether (sulfide) groups is 1. The standard InChI is InChI=1S/C18H18N2O2.C3H7NO2.C3H8S.CH2O/c1-12-7-8-14(11-15(12)13-5-3-2-4-6-13)19-18(22)16-9-10-17(21)20-16;1-4-2-3(5)6;1-3-4-2;1-2/h2-8,11,16H,9-10H2,1H3,(H,19,22)(H,20,21);4H,2H2,1H3,(H,5,6);3H2,1-2H3;1H2. The number of carboxylic acids is 1. The van der Waals surface area contributed by atoms with Gasteiger partial charge in [0.15, 0.2) is 0 Å². The van der Waals surface area contributed by atoms with Crippen LogP contribution in [0.5, 0.6) is 0 Å². The third-order valence-electron chi connectivity index (χ3n) is 4.52. The lowest BCUT2D eigenvalue weighted by Crippen LogP contribution is -2.37. The van der Waals surface area contributed by atoms with E-state index in [9.17, 15) is 14.4 Å². The number of hydrogen-bond acceptors (Lipinski definition) is 6. The molecule has 1 fully saturated rings. The molecule has 1 unspecified atom stereocenters. The summed E-state index contributed by atoms with van der Waals surface area (Å²) >= 11 is 1.86. The number of anilines is 1. The van der Waals surface area contributed by atoms with E-state index >= 15 is 0 Å². The molecule has 2 aromatic carbocycles. The van der Waals surface area contributed by atoms with Gasteiger partial charge in [0.2, 0.25) is 11.8 Å². The van der Waals surface area contributed by atoms with Gasteiger partial charge in [-0.05, 0) is 61.2 Å². The van der Waals surface area contributed by atoms with E-state index in [1.165, 1.54) is 5.75 Å². The van der Waals surface area contributed by atoms with Crippen molar-refractivity contribution in [1.82, 2.24) is 10.6 Å². The number of aliphatic carboxylic acids is 1. The summed E-state index contributed by atoms with van der Waals surface area (Å²) in [6, 6.07) is 15.5. The molecule has 34 heavy (non-hydrogen) atoms. The molecule has 2 amide bonds. The highest BCUT2D eigenvalue weighted by molar-refractivity contribution is 7.98. The minimum atomic E-state index is -0.822.